The van der Waals surface area contributed by atoms with Crippen molar-refractivity contribution < 1.29 is 57.3 Å². The first-order valence-corrected chi connectivity index (χ1v) is 20.5. The van der Waals surface area contributed by atoms with Gasteiger partial charge in [-0.25, -0.2) is 0 Å². The summed E-state index contributed by atoms with van der Waals surface area (Å²) in [4.78, 5) is 14.1. The molecule has 12 bridgehead atoms. The third kappa shape index (κ3) is 6.94. The minimum Gasteiger partial charge on any atom is -0.394 e. The Bertz CT molecular complexity index is 1390. The average molecular weight is 745 g/mol. The molecule has 53 heavy (non-hydrogen) atoms. The van der Waals surface area contributed by atoms with Crippen LogP contribution in [0.3, 0.4) is 0 Å². The third-order valence-corrected chi connectivity index (χ3v) is 14.2. The van der Waals surface area contributed by atoms with Gasteiger partial charge in [0.2, 0.25) is 0 Å². The van der Waals surface area contributed by atoms with E-state index in [0.717, 1.165) is 56.1 Å². The normalized spacial score (nSPS) is 51.6. The number of methoxy groups -OCH3 is 2. The average Bonchev–Trinajstić information content (AvgIpc) is 3.82. The van der Waals surface area contributed by atoms with Crippen LogP contribution in [0.25, 0.3) is 0 Å². The number of aliphatic hydroxyl groups is 1. The SMILES string of the molecule is C=C1C[C@@H]2CC[C@@]34C[C@H]5O[C@H]6[C@@H](O3)[C@H]3O[C@H](CC[C@@H]3O[C@H]6[C@H]5O4)CC(=O)C[C@@H]3[C@@H](OC)[C@@H](C[C@@H](CO)OC)O[C@H]3C[C@H]3O[C@@H](CC[C@@H]1O2)C[C@@H](C)C3=C. The molecule has 0 aromatic heterocycles. The quantitative estimate of drug-likeness (QED) is 0.407. The van der Waals surface area contributed by atoms with Gasteiger partial charge in [-0.2, -0.15) is 0 Å². The van der Waals surface area contributed by atoms with E-state index in [0.29, 0.717) is 25.7 Å². The minimum absolute atomic E-state index is 0.0146. The molecule has 10 aliphatic rings. The fourth-order valence-corrected chi connectivity index (χ4v) is 11.4. The molecule has 296 valence electrons. The molecular weight excluding hydrogens is 684 g/mol. The van der Waals surface area contributed by atoms with Gasteiger partial charge < -0.3 is 52.5 Å². The van der Waals surface area contributed by atoms with Gasteiger partial charge in [0.05, 0.1) is 73.8 Å². The van der Waals surface area contributed by atoms with Crippen molar-refractivity contribution in [1.82, 2.24) is 0 Å². The number of fused-ring (bicyclic) bond motifs is 6. The van der Waals surface area contributed by atoms with Crippen molar-refractivity contribution in [3.05, 3.63) is 24.3 Å². The Labute approximate surface area is 313 Å². The molecule has 10 saturated heterocycles. The molecule has 0 aromatic rings. The number of carbonyl (C=O) groups is 1. The van der Waals surface area contributed by atoms with E-state index < -0.39 is 11.9 Å². The van der Waals surface area contributed by atoms with E-state index >= 15 is 0 Å². The first kappa shape index (κ1) is 37.3. The van der Waals surface area contributed by atoms with Gasteiger partial charge >= 0.3 is 0 Å². The topological polar surface area (TPSA) is 130 Å². The maximum absolute atomic E-state index is 14.1. The summed E-state index contributed by atoms with van der Waals surface area (Å²) in [6.45, 7) is 11.0. The van der Waals surface area contributed by atoms with E-state index in [9.17, 15) is 9.90 Å². The van der Waals surface area contributed by atoms with Crippen LogP contribution < -0.4 is 0 Å². The van der Waals surface area contributed by atoms with E-state index in [2.05, 4.69) is 20.1 Å². The van der Waals surface area contributed by atoms with Gasteiger partial charge in [-0.3, -0.25) is 4.79 Å². The maximum atomic E-state index is 14.1. The zero-order chi connectivity index (χ0) is 36.6. The van der Waals surface area contributed by atoms with Gasteiger partial charge in [0.1, 0.15) is 36.3 Å². The number of Topliss-reactive ketones (excluding diaryl/α,β-unsaturated/α-hetero) is 1. The summed E-state index contributed by atoms with van der Waals surface area (Å²) in [5, 5.41) is 9.97. The van der Waals surface area contributed by atoms with Gasteiger partial charge in [0, 0.05) is 58.7 Å². The van der Waals surface area contributed by atoms with Crippen molar-refractivity contribution in [2.24, 2.45) is 11.8 Å². The smallest absolute Gasteiger partial charge is 0.172 e. The molecule has 0 radical (unpaired) electrons. The first-order valence-electron chi connectivity index (χ1n) is 20.5. The summed E-state index contributed by atoms with van der Waals surface area (Å²) in [5.74, 6) is -0.591. The number of hydrogen-bond acceptors (Lipinski definition) is 12. The highest BCUT2D eigenvalue weighted by molar-refractivity contribution is 5.79. The van der Waals surface area contributed by atoms with E-state index in [4.69, 9.17) is 47.4 Å². The van der Waals surface area contributed by atoms with Crippen LogP contribution in [0, 0.1) is 11.8 Å². The molecule has 12 heteroatoms. The van der Waals surface area contributed by atoms with Crippen molar-refractivity contribution >= 4 is 5.78 Å². The number of carbonyl (C=O) groups excluding carboxylic acids is 1. The zero-order valence-electron chi connectivity index (χ0n) is 31.6. The van der Waals surface area contributed by atoms with E-state index in [-0.39, 0.29) is 129 Å². The molecule has 12 nitrogen and oxygen atoms in total. The molecule has 0 unspecified atom stereocenters. The Morgan fingerprint density at radius 1 is 0.774 bits per heavy atom. The van der Waals surface area contributed by atoms with Crippen molar-refractivity contribution in [1.29, 1.82) is 0 Å². The van der Waals surface area contributed by atoms with Crippen LogP contribution in [-0.2, 0) is 52.2 Å². The minimum atomic E-state index is -0.780. The lowest BCUT2D eigenvalue weighted by Gasteiger charge is -2.47. The van der Waals surface area contributed by atoms with Crippen LogP contribution in [0.5, 0.6) is 0 Å². The highest BCUT2D eigenvalue weighted by Crippen LogP contribution is 2.54. The second kappa shape index (κ2) is 14.9. The molecule has 0 saturated carbocycles. The second-order valence-corrected chi connectivity index (χ2v) is 17.6. The molecule has 1 N–H and O–H groups in total. The van der Waals surface area contributed by atoms with Gasteiger partial charge in [-0.15, -0.1) is 0 Å². The van der Waals surface area contributed by atoms with E-state index in [1.54, 1.807) is 14.2 Å². The molecule has 0 aliphatic carbocycles. The van der Waals surface area contributed by atoms with Crippen molar-refractivity contribution in [2.45, 2.75) is 194 Å². The molecular formula is C41H60O12. The summed E-state index contributed by atoms with van der Waals surface area (Å²) >= 11 is 0. The molecule has 10 rings (SSSR count). The number of rotatable bonds is 5. The van der Waals surface area contributed by atoms with Crippen LogP contribution in [0.2, 0.25) is 0 Å². The number of ketones is 1. The Hall–Kier alpha value is -1.29. The molecule has 10 heterocycles. The lowest BCUT2D eigenvalue weighted by molar-refractivity contribution is -0.292. The van der Waals surface area contributed by atoms with Crippen molar-refractivity contribution in [3.63, 3.8) is 0 Å². The Kier molecular flexibility index (Phi) is 10.5. The Morgan fingerprint density at radius 3 is 2.34 bits per heavy atom. The van der Waals surface area contributed by atoms with Gasteiger partial charge in [-0.05, 0) is 62.0 Å². The fraction of sp³-hybridized carbons (Fsp3) is 0.878. The van der Waals surface area contributed by atoms with Gasteiger partial charge in [0.25, 0.3) is 0 Å². The van der Waals surface area contributed by atoms with Crippen LogP contribution in [-0.4, -0.2) is 135 Å². The Balaban J connectivity index is 0.993. The number of aliphatic hydroxyl groups excluding tert-OH is 1. The standard InChI is InChI=1S/C41H60O12/c1-20-12-24-6-8-29-21(2)13-26(46-29)10-11-41-18-34-37(52-41)38-39(51-34)40(53-41)36-30(50-38)9-7-25(48-36)14-23(43)15-28-32(17-31(47-24)22(20)3)49-33(35(28)45-5)16-27(19-42)44-4/h20,24-40,42H,2-3,6-19H2,1,4-5H3/t20-,24+,25-,26+,27+,28+,29+,30+,31-,32+,33-,34-,35-,36+,37+,38+,39-,40+,41+/m1/s1. The van der Waals surface area contributed by atoms with E-state index in [1.165, 1.54) is 0 Å². The monoisotopic (exact) mass is 744 g/mol. The zero-order valence-corrected chi connectivity index (χ0v) is 31.6. The van der Waals surface area contributed by atoms with Crippen LogP contribution in [0.4, 0.5) is 0 Å². The van der Waals surface area contributed by atoms with Crippen LogP contribution in [0.15, 0.2) is 24.3 Å². The number of ether oxygens (including phenoxy) is 10. The molecule has 10 aliphatic heterocycles. The third-order valence-electron chi connectivity index (χ3n) is 14.2. The lowest BCUT2D eigenvalue weighted by atomic mass is 9.81. The molecule has 0 aromatic carbocycles. The van der Waals surface area contributed by atoms with Crippen LogP contribution in [0.1, 0.15) is 90.4 Å². The maximum Gasteiger partial charge on any atom is 0.172 e. The summed E-state index contributed by atoms with van der Waals surface area (Å²) in [7, 11) is 3.27. The predicted octanol–water partition coefficient (Wildman–Crippen LogP) is 4.13. The van der Waals surface area contributed by atoms with Crippen LogP contribution >= 0.6 is 0 Å². The summed E-state index contributed by atoms with van der Waals surface area (Å²) < 4.78 is 65.8. The largest absolute Gasteiger partial charge is 0.394 e. The second-order valence-electron chi connectivity index (χ2n) is 17.6. The fourth-order valence-electron chi connectivity index (χ4n) is 11.4. The summed E-state index contributed by atoms with van der Waals surface area (Å²) in [5.41, 5.74) is 2.21. The van der Waals surface area contributed by atoms with Crippen molar-refractivity contribution in [2.75, 3.05) is 20.8 Å². The molecule has 19 atom stereocenters. The first-order chi connectivity index (χ1) is 25.6. The van der Waals surface area contributed by atoms with Gasteiger partial charge in [0.15, 0.2) is 5.79 Å². The van der Waals surface area contributed by atoms with E-state index in [1.807, 2.05) is 0 Å². The molecule has 0 amide bonds. The predicted molar refractivity (Wildman–Crippen MR) is 189 cm³/mol. The lowest BCUT2D eigenvalue weighted by Crippen LogP contribution is -2.61. The molecule has 10 fully saturated rings. The highest BCUT2D eigenvalue weighted by atomic mass is 16.8. The van der Waals surface area contributed by atoms with Gasteiger partial charge in [-0.1, -0.05) is 20.1 Å². The Morgan fingerprint density at radius 2 is 1.53 bits per heavy atom. The number of hydrogen-bond donors (Lipinski definition) is 1. The highest BCUT2D eigenvalue weighted by Gasteiger charge is 2.68. The molecule has 1 spiro atoms. The van der Waals surface area contributed by atoms with Crippen molar-refractivity contribution in [3.8, 4) is 0 Å². The summed E-state index contributed by atoms with van der Waals surface area (Å²) in [6.07, 6.45) is 5.46. The summed E-state index contributed by atoms with van der Waals surface area (Å²) in [6, 6.07) is 0.